The van der Waals surface area contributed by atoms with Crippen molar-refractivity contribution in [2.24, 2.45) is 0 Å². The smallest absolute Gasteiger partial charge is 0.203 e. The molecule has 0 saturated carbocycles. The third kappa shape index (κ3) is 5.51. The summed E-state index contributed by atoms with van der Waals surface area (Å²) in [5.41, 5.74) is 1.04. The number of imidazole rings is 1. The third-order valence-corrected chi connectivity index (χ3v) is 2.60. The lowest BCUT2D eigenvalue weighted by molar-refractivity contribution is 0.147. The lowest BCUT2D eigenvalue weighted by atomic mass is 10.4. The first kappa shape index (κ1) is 15.0. The summed E-state index contributed by atoms with van der Waals surface area (Å²) in [6, 6.07) is 0. The number of aryl methyl sites for hydroxylation is 2. The minimum atomic E-state index is 0.779. The minimum Gasteiger partial charge on any atom is -0.385 e. The number of ether oxygens (including phenoxy) is 2. The second kappa shape index (κ2) is 8.94. The molecule has 1 N–H and O–H groups in total. The van der Waals surface area contributed by atoms with E-state index in [4.69, 9.17) is 9.47 Å². The van der Waals surface area contributed by atoms with Crippen LogP contribution >= 0.6 is 0 Å². The first-order chi connectivity index (χ1) is 8.77. The second-order valence-corrected chi connectivity index (χ2v) is 4.22. The van der Waals surface area contributed by atoms with E-state index >= 15 is 0 Å². The van der Waals surface area contributed by atoms with Crippen molar-refractivity contribution in [1.29, 1.82) is 0 Å². The molecule has 0 aliphatic carbocycles. The highest BCUT2D eigenvalue weighted by molar-refractivity contribution is 5.28. The molecule has 0 saturated heterocycles. The summed E-state index contributed by atoms with van der Waals surface area (Å²) in [6.07, 6.45) is 4.07. The zero-order valence-corrected chi connectivity index (χ0v) is 11.7. The molecule has 0 atom stereocenters. The molecule has 0 bridgehead atoms. The molecular weight excluding hydrogens is 230 g/mol. The first-order valence-electron chi connectivity index (χ1n) is 6.62. The van der Waals surface area contributed by atoms with Gasteiger partial charge in [-0.1, -0.05) is 0 Å². The Morgan fingerprint density at radius 3 is 2.89 bits per heavy atom. The topological polar surface area (TPSA) is 48.3 Å². The van der Waals surface area contributed by atoms with Crippen LogP contribution in [0, 0.1) is 6.92 Å². The van der Waals surface area contributed by atoms with E-state index in [0.717, 1.165) is 57.4 Å². The summed E-state index contributed by atoms with van der Waals surface area (Å²) in [6.45, 7) is 8.21. The van der Waals surface area contributed by atoms with Crippen molar-refractivity contribution < 1.29 is 9.47 Å². The molecule has 5 heteroatoms. The maximum atomic E-state index is 5.30. The van der Waals surface area contributed by atoms with Gasteiger partial charge in [0.1, 0.15) is 0 Å². The molecule has 104 valence electrons. The fourth-order valence-electron chi connectivity index (χ4n) is 1.76. The predicted octanol–water partition coefficient (Wildman–Crippen LogP) is 2.07. The average Bonchev–Trinajstić information content (AvgIpc) is 2.70. The van der Waals surface area contributed by atoms with Gasteiger partial charge in [0, 0.05) is 46.2 Å². The second-order valence-electron chi connectivity index (χ2n) is 4.22. The number of methoxy groups -OCH3 is 1. The molecule has 0 amide bonds. The highest BCUT2D eigenvalue weighted by Gasteiger charge is 2.04. The number of nitrogens with zero attached hydrogens (tertiary/aromatic N) is 2. The van der Waals surface area contributed by atoms with Crippen molar-refractivity contribution in [2.75, 3.05) is 38.8 Å². The zero-order chi connectivity index (χ0) is 13.2. The Morgan fingerprint density at radius 2 is 2.17 bits per heavy atom. The van der Waals surface area contributed by atoms with Crippen LogP contribution in [0.15, 0.2) is 6.20 Å². The van der Waals surface area contributed by atoms with Crippen LogP contribution in [0.3, 0.4) is 0 Å². The molecule has 1 rings (SSSR count). The van der Waals surface area contributed by atoms with Crippen LogP contribution in [-0.4, -0.2) is 43.0 Å². The number of hydrogen-bond acceptors (Lipinski definition) is 4. The van der Waals surface area contributed by atoms with Gasteiger partial charge in [0.2, 0.25) is 5.95 Å². The molecule has 0 radical (unpaired) electrons. The van der Waals surface area contributed by atoms with Crippen molar-refractivity contribution in [1.82, 2.24) is 9.55 Å². The van der Waals surface area contributed by atoms with Gasteiger partial charge in [0.25, 0.3) is 0 Å². The lowest BCUT2D eigenvalue weighted by Crippen LogP contribution is -2.11. The fraction of sp³-hybridized carbons (Fsp3) is 0.769. The third-order valence-electron chi connectivity index (χ3n) is 2.60. The highest BCUT2D eigenvalue weighted by atomic mass is 16.5. The van der Waals surface area contributed by atoms with Crippen LogP contribution in [0.4, 0.5) is 5.95 Å². The maximum absolute atomic E-state index is 5.30. The van der Waals surface area contributed by atoms with Gasteiger partial charge in [-0.2, -0.15) is 0 Å². The number of aromatic nitrogens is 2. The minimum absolute atomic E-state index is 0.779. The fourth-order valence-corrected chi connectivity index (χ4v) is 1.76. The van der Waals surface area contributed by atoms with E-state index in [-0.39, 0.29) is 0 Å². The van der Waals surface area contributed by atoms with Crippen LogP contribution < -0.4 is 5.32 Å². The lowest BCUT2D eigenvalue weighted by Gasteiger charge is -2.09. The van der Waals surface area contributed by atoms with E-state index in [9.17, 15) is 0 Å². The van der Waals surface area contributed by atoms with Gasteiger partial charge >= 0.3 is 0 Å². The van der Waals surface area contributed by atoms with Crippen molar-refractivity contribution in [3.05, 3.63) is 11.9 Å². The molecule has 0 aliphatic rings. The average molecular weight is 255 g/mol. The van der Waals surface area contributed by atoms with E-state index in [0.29, 0.717) is 0 Å². The molecule has 0 aliphatic heterocycles. The SMILES string of the molecule is CCOCCCNc1nc(C)cn1CCCOC. The molecule has 0 aromatic carbocycles. The van der Waals surface area contributed by atoms with Gasteiger partial charge in [0.15, 0.2) is 0 Å². The Labute approximate surface area is 109 Å². The van der Waals surface area contributed by atoms with Gasteiger partial charge in [0.05, 0.1) is 5.69 Å². The van der Waals surface area contributed by atoms with Crippen molar-refractivity contribution in [3.8, 4) is 0 Å². The standard InChI is InChI=1S/C13H25N3O2/c1-4-18-10-5-7-14-13-15-12(2)11-16(13)8-6-9-17-3/h11H,4-10H2,1-3H3,(H,14,15). The van der Waals surface area contributed by atoms with Gasteiger partial charge in [-0.25, -0.2) is 4.98 Å². The summed E-state index contributed by atoms with van der Waals surface area (Å²) in [5, 5.41) is 3.35. The number of anilines is 1. The predicted molar refractivity (Wildman–Crippen MR) is 73.1 cm³/mol. The Morgan fingerprint density at radius 1 is 1.33 bits per heavy atom. The number of rotatable bonds is 10. The first-order valence-corrected chi connectivity index (χ1v) is 6.62. The summed E-state index contributed by atoms with van der Waals surface area (Å²) in [7, 11) is 1.73. The molecular formula is C13H25N3O2. The van der Waals surface area contributed by atoms with Gasteiger partial charge < -0.3 is 19.4 Å². The largest absolute Gasteiger partial charge is 0.385 e. The number of nitrogens with one attached hydrogen (secondary N) is 1. The summed E-state index contributed by atoms with van der Waals surface area (Å²) in [4.78, 5) is 4.48. The molecule has 0 unspecified atom stereocenters. The van der Waals surface area contributed by atoms with E-state index in [1.807, 2.05) is 13.8 Å². The molecule has 1 heterocycles. The van der Waals surface area contributed by atoms with Gasteiger partial charge in [-0.3, -0.25) is 0 Å². The Hall–Kier alpha value is -1.07. The molecule has 0 fully saturated rings. The molecule has 1 aromatic rings. The molecule has 18 heavy (non-hydrogen) atoms. The van der Waals surface area contributed by atoms with Gasteiger partial charge in [-0.05, 0) is 26.7 Å². The quantitative estimate of drug-likeness (QED) is 0.650. The van der Waals surface area contributed by atoms with Crippen LogP contribution in [0.2, 0.25) is 0 Å². The monoisotopic (exact) mass is 255 g/mol. The number of hydrogen-bond donors (Lipinski definition) is 1. The Kier molecular flexibility index (Phi) is 7.44. The van der Waals surface area contributed by atoms with Gasteiger partial charge in [-0.15, -0.1) is 0 Å². The Balaban J connectivity index is 2.33. The molecule has 5 nitrogen and oxygen atoms in total. The normalized spacial score (nSPS) is 10.8. The van der Waals surface area contributed by atoms with Crippen molar-refractivity contribution in [2.45, 2.75) is 33.2 Å². The maximum Gasteiger partial charge on any atom is 0.203 e. The zero-order valence-electron chi connectivity index (χ0n) is 11.7. The van der Waals surface area contributed by atoms with E-state index in [2.05, 4.69) is 21.1 Å². The summed E-state index contributed by atoms with van der Waals surface area (Å²) < 4.78 is 12.5. The molecule has 1 aromatic heterocycles. The van der Waals surface area contributed by atoms with E-state index < -0.39 is 0 Å². The molecule has 0 spiro atoms. The highest BCUT2D eigenvalue weighted by Crippen LogP contribution is 2.09. The van der Waals surface area contributed by atoms with Crippen molar-refractivity contribution >= 4 is 5.95 Å². The van der Waals surface area contributed by atoms with Crippen LogP contribution in [0.1, 0.15) is 25.5 Å². The van der Waals surface area contributed by atoms with E-state index in [1.165, 1.54) is 0 Å². The Bertz CT molecular complexity index is 326. The van der Waals surface area contributed by atoms with Crippen LogP contribution in [0.5, 0.6) is 0 Å². The summed E-state index contributed by atoms with van der Waals surface area (Å²) in [5.74, 6) is 0.945. The van der Waals surface area contributed by atoms with E-state index in [1.54, 1.807) is 7.11 Å². The van der Waals surface area contributed by atoms with Crippen LogP contribution in [0.25, 0.3) is 0 Å². The summed E-state index contributed by atoms with van der Waals surface area (Å²) >= 11 is 0. The van der Waals surface area contributed by atoms with Crippen molar-refractivity contribution in [3.63, 3.8) is 0 Å². The van der Waals surface area contributed by atoms with Crippen LogP contribution in [-0.2, 0) is 16.0 Å².